The Labute approximate surface area is 125 Å². The molecule has 0 amide bonds. The van der Waals surface area contributed by atoms with Crippen molar-refractivity contribution in [2.24, 2.45) is 0 Å². The molecule has 2 rings (SSSR count). The number of carbonyl (C=O) groups is 2. The predicted octanol–water partition coefficient (Wildman–Crippen LogP) is 1.48. The van der Waals surface area contributed by atoms with E-state index in [0.717, 1.165) is 17.5 Å². The Hall–Kier alpha value is -2.09. The molecule has 1 N–H and O–H groups in total. The number of aliphatic carboxylic acids is 1. The highest BCUT2D eigenvalue weighted by molar-refractivity contribution is 7.99. The Morgan fingerprint density at radius 2 is 2.14 bits per heavy atom. The van der Waals surface area contributed by atoms with E-state index in [0.29, 0.717) is 22.9 Å². The van der Waals surface area contributed by atoms with Gasteiger partial charge in [0, 0.05) is 12.2 Å². The van der Waals surface area contributed by atoms with Crippen molar-refractivity contribution in [3.63, 3.8) is 0 Å². The number of carbonyl (C=O) groups excluding carboxylic acids is 1. The lowest BCUT2D eigenvalue weighted by Crippen LogP contribution is -2.09. The third kappa shape index (κ3) is 3.72. The third-order valence-corrected chi connectivity index (χ3v) is 3.75. The Bertz CT molecular complexity index is 683. The van der Waals surface area contributed by atoms with Crippen LogP contribution in [-0.2, 0) is 20.9 Å². The largest absolute Gasteiger partial charge is 0.481 e. The van der Waals surface area contributed by atoms with E-state index < -0.39 is 5.97 Å². The number of rotatable bonds is 6. The Morgan fingerprint density at radius 1 is 1.38 bits per heavy atom. The number of carboxylic acids is 1. The lowest BCUT2D eigenvalue weighted by atomic mass is 10.3. The SMILES string of the molecule is COC(=O)CCn1c(SCC(=O)O)nc2ccc(C)nc21. The Kier molecular flexibility index (Phi) is 4.79. The molecule has 8 heteroatoms. The number of methoxy groups -OCH3 is 1. The summed E-state index contributed by atoms with van der Waals surface area (Å²) in [6.45, 7) is 2.21. The third-order valence-electron chi connectivity index (χ3n) is 2.79. The minimum absolute atomic E-state index is 0.0967. The molecule has 0 aliphatic carbocycles. The summed E-state index contributed by atoms with van der Waals surface area (Å²) in [7, 11) is 1.33. The van der Waals surface area contributed by atoms with Crippen LogP contribution in [0.3, 0.4) is 0 Å². The van der Waals surface area contributed by atoms with E-state index >= 15 is 0 Å². The van der Waals surface area contributed by atoms with Crippen LogP contribution in [0, 0.1) is 6.92 Å². The number of carboxylic acid groups (broad SMARTS) is 1. The van der Waals surface area contributed by atoms with Gasteiger partial charge in [-0.05, 0) is 19.1 Å². The first kappa shape index (κ1) is 15.3. The molecule has 0 aromatic carbocycles. The fourth-order valence-electron chi connectivity index (χ4n) is 1.82. The molecule has 0 bridgehead atoms. The maximum Gasteiger partial charge on any atom is 0.313 e. The average molecular weight is 309 g/mol. The summed E-state index contributed by atoms with van der Waals surface area (Å²) in [6.07, 6.45) is 0.179. The van der Waals surface area contributed by atoms with Crippen molar-refractivity contribution in [2.45, 2.75) is 25.0 Å². The first-order chi connectivity index (χ1) is 10.0. The van der Waals surface area contributed by atoms with E-state index in [1.165, 1.54) is 7.11 Å². The van der Waals surface area contributed by atoms with Crippen molar-refractivity contribution < 1.29 is 19.4 Å². The summed E-state index contributed by atoms with van der Waals surface area (Å²) < 4.78 is 6.39. The van der Waals surface area contributed by atoms with Gasteiger partial charge in [-0.2, -0.15) is 0 Å². The van der Waals surface area contributed by atoms with Crippen LogP contribution in [0.4, 0.5) is 0 Å². The van der Waals surface area contributed by atoms with Gasteiger partial charge in [0.1, 0.15) is 5.52 Å². The second-order valence-electron chi connectivity index (χ2n) is 4.35. The highest BCUT2D eigenvalue weighted by atomic mass is 32.2. The van der Waals surface area contributed by atoms with Crippen molar-refractivity contribution in [1.29, 1.82) is 0 Å². The smallest absolute Gasteiger partial charge is 0.313 e. The molecule has 112 valence electrons. The van der Waals surface area contributed by atoms with E-state index in [2.05, 4.69) is 14.7 Å². The number of pyridine rings is 1. The van der Waals surface area contributed by atoms with Gasteiger partial charge in [0.05, 0.1) is 19.3 Å². The molecular formula is C13H15N3O4S. The molecule has 0 saturated carbocycles. The normalized spacial score (nSPS) is 10.8. The van der Waals surface area contributed by atoms with Gasteiger partial charge in [0.2, 0.25) is 0 Å². The molecule has 7 nitrogen and oxygen atoms in total. The molecule has 0 aliphatic rings. The molecule has 0 unspecified atom stereocenters. The quantitative estimate of drug-likeness (QED) is 0.638. The van der Waals surface area contributed by atoms with Crippen LogP contribution >= 0.6 is 11.8 Å². The molecule has 21 heavy (non-hydrogen) atoms. The predicted molar refractivity (Wildman–Crippen MR) is 77.3 cm³/mol. The molecule has 0 spiro atoms. The maximum atomic E-state index is 11.3. The molecule has 2 aromatic rings. The second-order valence-corrected chi connectivity index (χ2v) is 5.29. The number of fused-ring (bicyclic) bond motifs is 1. The van der Waals surface area contributed by atoms with Crippen LogP contribution in [0.1, 0.15) is 12.1 Å². The number of ether oxygens (including phenoxy) is 1. The molecule has 2 heterocycles. The van der Waals surface area contributed by atoms with Crippen molar-refractivity contribution in [2.75, 3.05) is 12.9 Å². The molecule has 0 fully saturated rings. The van der Waals surface area contributed by atoms with E-state index in [9.17, 15) is 9.59 Å². The van der Waals surface area contributed by atoms with Crippen LogP contribution in [-0.4, -0.2) is 44.4 Å². The first-order valence-corrected chi connectivity index (χ1v) is 7.25. The molecule has 0 aliphatic heterocycles. The van der Waals surface area contributed by atoms with E-state index in [4.69, 9.17) is 5.11 Å². The van der Waals surface area contributed by atoms with E-state index in [-0.39, 0.29) is 18.1 Å². The molecule has 0 atom stereocenters. The van der Waals surface area contributed by atoms with Gasteiger partial charge in [0.15, 0.2) is 10.8 Å². The highest BCUT2D eigenvalue weighted by Crippen LogP contribution is 2.23. The zero-order valence-corrected chi connectivity index (χ0v) is 12.5. The summed E-state index contributed by atoms with van der Waals surface area (Å²) in [5.74, 6) is -1.35. The highest BCUT2D eigenvalue weighted by Gasteiger charge is 2.15. The van der Waals surface area contributed by atoms with Gasteiger partial charge in [-0.15, -0.1) is 0 Å². The van der Waals surface area contributed by atoms with Gasteiger partial charge in [-0.25, -0.2) is 9.97 Å². The molecule has 2 aromatic heterocycles. The number of hydrogen-bond acceptors (Lipinski definition) is 6. The lowest BCUT2D eigenvalue weighted by molar-refractivity contribution is -0.141. The van der Waals surface area contributed by atoms with Crippen molar-refractivity contribution in [3.05, 3.63) is 17.8 Å². The Morgan fingerprint density at radius 3 is 2.81 bits per heavy atom. The number of aryl methyl sites for hydroxylation is 2. The van der Waals surface area contributed by atoms with Crippen LogP contribution in [0.25, 0.3) is 11.2 Å². The van der Waals surface area contributed by atoms with E-state index in [1.54, 1.807) is 4.57 Å². The van der Waals surface area contributed by atoms with Crippen LogP contribution < -0.4 is 0 Å². The Balaban J connectivity index is 2.35. The summed E-state index contributed by atoms with van der Waals surface area (Å²) in [6, 6.07) is 3.67. The van der Waals surface area contributed by atoms with Crippen molar-refractivity contribution in [3.8, 4) is 0 Å². The zero-order valence-electron chi connectivity index (χ0n) is 11.7. The van der Waals surface area contributed by atoms with Gasteiger partial charge in [-0.1, -0.05) is 11.8 Å². The average Bonchev–Trinajstić information content (AvgIpc) is 2.79. The number of hydrogen-bond donors (Lipinski definition) is 1. The molecular weight excluding hydrogens is 294 g/mol. The standard InChI is InChI=1S/C13H15N3O4S/c1-8-3-4-9-12(14-8)16(6-5-11(19)20-2)13(15-9)21-7-10(17)18/h3-4H,5-7H2,1-2H3,(H,17,18). The van der Waals surface area contributed by atoms with Gasteiger partial charge in [0.25, 0.3) is 0 Å². The topological polar surface area (TPSA) is 94.3 Å². The minimum Gasteiger partial charge on any atom is -0.481 e. The number of thioether (sulfide) groups is 1. The van der Waals surface area contributed by atoms with Gasteiger partial charge in [-0.3, -0.25) is 9.59 Å². The van der Waals surface area contributed by atoms with Gasteiger partial charge < -0.3 is 14.4 Å². The maximum absolute atomic E-state index is 11.3. The van der Waals surface area contributed by atoms with Gasteiger partial charge >= 0.3 is 11.9 Å². The lowest BCUT2D eigenvalue weighted by Gasteiger charge is -2.07. The van der Waals surface area contributed by atoms with Crippen LogP contribution in [0.15, 0.2) is 17.3 Å². The number of esters is 1. The zero-order chi connectivity index (χ0) is 15.4. The van der Waals surface area contributed by atoms with Crippen LogP contribution in [0.2, 0.25) is 0 Å². The summed E-state index contributed by atoms with van der Waals surface area (Å²) >= 11 is 1.11. The minimum atomic E-state index is -0.921. The molecule has 0 radical (unpaired) electrons. The summed E-state index contributed by atoms with van der Waals surface area (Å²) in [5.41, 5.74) is 2.15. The second kappa shape index (κ2) is 6.57. The fourth-order valence-corrected chi connectivity index (χ4v) is 2.57. The number of aromatic nitrogens is 3. The molecule has 0 saturated heterocycles. The monoisotopic (exact) mass is 309 g/mol. The van der Waals surface area contributed by atoms with Crippen molar-refractivity contribution >= 4 is 34.9 Å². The van der Waals surface area contributed by atoms with Crippen molar-refractivity contribution in [1.82, 2.24) is 14.5 Å². The number of nitrogens with zero attached hydrogens (tertiary/aromatic N) is 3. The first-order valence-electron chi connectivity index (χ1n) is 6.26. The summed E-state index contributed by atoms with van der Waals surface area (Å²) in [4.78, 5) is 30.8. The number of imidazole rings is 1. The summed E-state index contributed by atoms with van der Waals surface area (Å²) in [5, 5.41) is 9.33. The van der Waals surface area contributed by atoms with E-state index in [1.807, 2.05) is 19.1 Å². The van der Waals surface area contributed by atoms with Crippen LogP contribution in [0.5, 0.6) is 0 Å². The fraction of sp³-hybridized carbons (Fsp3) is 0.385.